The van der Waals surface area contributed by atoms with E-state index < -0.39 is 5.91 Å². The van der Waals surface area contributed by atoms with Crippen LogP contribution in [0.3, 0.4) is 0 Å². The fourth-order valence-electron chi connectivity index (χ4n) is 2.32. The van der Waals surface area contributed by atoms with Gasteiger partial charge in [-0.1, -0.05) is 37.3 Å². The summed E-state index contributed by atoms with van der Waals surface area (Å²) in [6.07, 6.45) is 0.743. The van der Waals surface area contributed by atoms with E-state index in [-0.39, 0.29) is 0 Å². The Morgan fingerprint density at radius 2 is 1.79 bits per heavy atom. The molecule has 0 bridgehead atoms. The van der Waals surface area contributed by atoms with Gasteiger partial charge in [-0.2, -0.15) is 0 Å². The van der Waals surface area contributed by atoms with Crippen LogP contribution in [0.15, 0.2) is 42.5 Å². The highest BCUT2D eigenvalue weighted by Gasteiger charge is 2.14. The van der Waals surface area contributed by atoms with Gasteiger partial charge in [-0.3, -0.25) is 4.79 Å². The fourth-order valence-corrected chi connectivity index (χ4v) is 2.32. The second-order valence-electron chi connectivity index (χ2n) is 4.25. The van der Waals surface area contributed by atoms with Gasteiger partial charge in [0.25, 0.3) is 0 Å². The number of carbonyl (C=O) groups is 1. The van der Waals surface area contributed by atoms with Crippen molar-refractivity contribution < 1.29 is 9.53 Å². The summed E-state index contributed by atoms with van der Waals surface area (Å²) in [4.78, 5) is 11.5. The average Bonchev–Trinajstić information content (AvgIpc) is 2.46. The minimum atomic E-state index is -0.395. The molecule has 2 rings (SSSR count). The molecule has 98 valence electrons. The Kier molecular flexibility index (Phi) is 3.85. The molecule has 0 atom stereocenters. The topological polar surface area (TPSA) is 52.3 Å². The van der Waals surface area contributed by atoms with E-state index in [0.717, 1.165) is 28.9 Å². The van der Waals surface area contributed by atoms with Gasteiger partial charge in [-0.15, -0.1) is 0 Å². The summed E-state index contributed by atoms with van der Waals surface area (Å²) in [6.45, 7) is 2.01. The molecule has 0 saturated heterocycles. The highest BCUT2D eigenvalue weighted by molar-refractivity contribution is 5.96. The van der Waals surface area contributed by atoms with Crippen LogP contribution in [0.25, 0.3) is 11.1 Å². The first-order valence-electron chi connectivity index (χ1n) is 6.24. The number of hydrogen-bond donors (Lipinski definition) is 1. The third-order valence-corrected chi connectivity index (χ3v) is 3.19. The Labute approximate surface area is 113 Å². The third kappa shape index (κ3) is 2.45. The Hall–Kier alpha value is -2.29. The van der Waals surface area contributed by atoms with Crippen LogP contribution in [-0.4, -0.2) is 13.0 Å². The summed E-state index contributed by atoms with van der Waals surface area (Å²) in [5.74, 6) is 0.396. The predicted molar refractivity (Wildman–Crippen MR) is 76.3 cm³/mol. The number of rotatable bonds is 4. The minimum Gasteiger partial charge on any atom is -0.496 e. The van der Waals surface area contributed by atoms with Gasteiger partial charge in [0.05, 0.1) is 7.11 Å². The van der Waals surface area contributed by atoms with Gasteiger partial charge in [0.2, 0.25) is 5.91 Å². The lowest BCUT2D eigenvalue weighted by Gasteiger charge is -2.14. The largest absolute Gasteiger partial charge is 0.496 e. The van der Waals surface area contributed by atoms with Crippen molar-refractivity contribution in [3.05, 3.63) is 53.6 Å². The van der Waals surface area contributed by atoms with Crippen LogP contribution in [0.1, 0.15) is 22.8 Å². The number of carbonyl (C=O) groups excluding carboxylic acids is 1. The molecular weight excluding hydrogens is 238 g/mol. The number of amides is 1. The van der Waals surface area contributed by atoms with Crippen molar-refractivity contribution >= 4 is 5.91 Å². The number of benzene rings is 2. The van der Waals surface area contributed by atoms with Crippen molar-refractivity contribution in [2.45, 2.75) is 13.3 Å². The monoisotopic (exact) mass is 255 g/mol. The molecule has 2 aromatic rings. The Morgan fingerprint density at radius 1 is 1.11 bits per heavy atom. The third-order valence-electron chi connectivity index (χ3n) is 3.19. The van der Waals surface area contributed by atoms with Gasteiger partial charge < -0.3 is 10.5 Å². The maximum atomic E-state index is 11.5. The standard InChI is InChI=1S/C16H17NO2/c1-3-11-12(8-6-9-14(11)16(17)18)13-7-4-5-10-15(13)19-2/h4-10H,3H2,1-2H3,(H2,17,18). The van der Waals surface area contributed by atoms with Crippen molar-refractivity contribution in [2.24, 2.45) is 5.73 Å². The highest BCUT2D eigenvalue weighted by atomic mass is 16.5. The first-order valence-corrected chi connectivity index (χ1v) is 6.24. The summed E-state index contributed by atoms with van der Waals surface area (Å²) < 4.78 is 5.38. The maximum Gasteiger partial charge on any atom is 0.248 e. The van der Waals surface area contributed by atoms with Crippen LogP contribution < -0.4 is 10.5 Å². The van der Waals surface area contributed by atoms with E-state index in [2.05, 4.69) is 0 Å². The first-order chi connectivity index (χ1) is 9.19. The summed E-state index contributed by atoms with van der Waals surface area (Å²) in [5, 5.41) is 0. The lowest BCUT2D eigenvalue weighted by Crippen LogP contribution is -2.14. The summed E-state index contributed by atoms with van der Waals surface area (Å²) >= 11 is 0. The van der Waals surface area contributed by atoms with Crippen molar-refractivity contribution in [3.63, 3.8) is 0 Å². The van der Waals surface area contributed by atoms with Crippen LogP contribution in [0.2, 0.25) is 0 Å². The Morgan fingerprint density at radius 3 is 2.42 bits per heavy atom. The first kappa shape index (κ1) is 13.1. The highest BCUT2D eigenvalue weighted by Crippen LogP contribution is 2.33. The van der Waals surface area contributed by atoms with Gasteiger partial charge in [-0.05, 0) is 29.7 Å². The van der Waals surface area contributed by atoms with Crippen LogP contribution in [-0.2, 0) is 6.42 Å². The lowest BCUT2D eigenvalue weighted by atomic mass is 9.93. The number of primary amides is 1. The van der Waals surface area contributed by atoms with Crippen LogP contribution in [0, 0.1) is 0 Å². The molecule has 0 spiro atoms. The van der Waals surface area contributed by atoms with Crippen LogP contribution in [0.4, 0.5) is 0 Å². The molecule has 0 aliphatic carbocycles. The molecule has 0 saturated carbocycles. The molecule has 0 aliphatic rings. The molecule has 0 aromatic heterocycles. The maximum absolute atomic E-state index is 11.5. The summed E-state index contributed by atoms with van der Waals surface area (Å²) in [7, 11) is 1.64. The zero-order valence-corrected chi connectivity index (χ0v) is 11.1. The molecule has 1 amide bonds. The molecule has 0 aliphatic heterocycles. The molecule has 19 heavy (non-hydrogen) atoms. The Balaban J connectivity index is 2.68. The number of para-hydroxylation sites is 1. The molecule has 3 heteroatoms. The minimum absolute atomic E-state index is 0.395. The van der Waals surface area contributed by atoms with Gasteiger partial charge >= 0.3 is 0 Å². The van der Waals surface area contributed by atoms with E-state index >= 15 is 0 Å². The van der Waals surface area contributed by atoms with Crippen molar-refractivity contribution in [1.29, 1.82) is 0 Å². The smallest absolute Gasteiger partial charge is 0.248 e. The van der Waals surface area contributed by atoms with Gasteiger partial charge in [0.1, 0.15) is 5.75 Å². The van der Waals surface area contributed by atoms with E-state index in [0.29, 0.717) is 5.56 Å². The van der Waals surface area contributed by atoms with E-state index in [1.807, 2.05) is 43.3 Å². The molecule has 2 N–H and O–H groups in total. The lowest BCUT2D eigenvalue weighted by molar-refractivity contribution is 0.0999. The molecule has 0 radical (unpaired) electrons. The summed E-state index contributed by atoms with van der Waals surface area (Å²) in [5.41, 5.74) is 8.94. The SMILES string of the molecule is CCc1c(C(N)=O)cccc1-c1ccccc1OC. The number of nitrogens with two attached hydrogens (primary N) is 1. The fraction of sp³-hybridized carbons (Fsp3) is 0.188. The van der Waals surface area contributed by atoms with E-state index in [9.17, 15) is 4.79 Å². The normalized spacial score (nSPS) is 10.2. The van der Waals surface area contributed by atoms with Crippen LogP contribution >= 0.6 is 0 Å². The molecular formula is C16H17NO2. The van der Waals surface area contributed by atoms with E-state index in [1.54, 1.807) is 13.2 Å². The Bertz CT molecular complexity index is 605. The molecule has 0 heterocycles. The van der Waals surface area contributed by atoms with E-state index in [4.69, 9.17) is 10.5 Å². The summed E-state index contributed by atoms with van der Waals surface area (Å²) in [6, 6.07) is 13.4. The van der Waals surface area contributed by atoms with Crippen LogP contribution in [0.5, 0.6) is 5.75 Å². The van der Waals surface area contributed by atoms with Crippen molar-refractivity contribution in [3.8, 4) is 16.9 Å². The predicted octanol–water partition coefficient (Wildman–Crippen LogP) is 3.02. The number of ether oxygens (including phenoxy) is 1. The second-order valence-corrected chi connectivity index (χ2v) is 4.25. The van der Waals surface area contributed by atoms with Gasteiger partial charge in [0.15, 0.2) is 0 Å². The van der Waals surface area contributed by atoms with Crippen molar-refractivity contribution in [1.82, 2.24) is 0 Å². The molecule has 3 nitrogen and oxygen atoms in total. The quantitative estimate of drug-likeness (QED) is 0.913. The van der Waals surface area contributed by atoms with E-state index in [1.165, 1.54) is 0 Å². The zero-order chi connectivity index (χ0) is 13.8. The molecule has 0 unspecified atom stereocenters. The number of hydrogen-bond acceptors (Lipinski definition) is 2. The number of methoxy groups -OCH3 is 1. The molecule has 0 fully saturated rings. The second kappa shape index (κ2) is 5.57. The van der Waals surface area contributed by atoms with Gasteiger partial charge in [-0.25, -0.2) is 0 Å². The van der Waals surface area contributed by atoms with Crippen molar-refractivity contribution in [2.75, 3.05) is 7.11 Å². The molecule has 2 aromatic carbocycles. The zero-order valence-electron chi connectivity index (χ0n) is 11.1. The van der Waals surface area contributed by atoms with Gasteiger partial charge in [0, 0.05) is 11.1 Å². The average molecular weight is 255 g/mol.